The molecule has 5 rings (SSSR count). The van der Waals surface area contributed by atoms with E-state index in [1.165, 1.54) is 16.9 Å². The minimum absolute atomic E-state index is 0.0320. The summed E-state index contributed by atoms with van der Waals surface area (Å²) < 4.78 is 18.5. The predicted octanol–water partition coefficient (Wildman–Crippen LogP) is 5.07. The van der Waals surface area contributed by atoms with Crippen LogP contribution in [0.3, 0.4) is 0 Å². The summed E-state index contributed by atoms with van der Waals surface area (Å²) in [6, 6.07) is 11.6. The number of rotatable bonds is 17. The maximum Gasteiger partial charge on any atom is 0.313 e. The van der Waals surface area contributed by atoms with E-state index >= 15 is 4.79 Å². The number of halogens is 2. The van der Waals surface area contributed by atoms with E-state index in [9.17, 15) is 19.5 Å². The SMILES string of the molecule is C=CCCC(=O)N[C@@H](COC)[C@@H](OC(=O)[C@@H]1[C@H]2O[C@@]3(CC2Br)[C@H](C(=O)N(CC=C)c2c(C)cccc2Cl)N([C@@H](CC)CO)C(=O)[C@@H]13)c1ccccc1. The second-order valence-corrected chi connectivity index (χ2v) is 15.1. The van der Waals surface area contributed by atoms with E-state index in [4.69, 9.17) is 25.8 Å². The van der Waals surface area contributed by atoms with Gasteiger partial charge in [0.15, 0.2) is 0 Å². The molecule has 11 nitrogen and oxygen atoms in total. The number of methoxy groups -OCH3 is 1. The second kappa shape index (κ2) is 17.1. The van der Waals surface area contributed by atoms with Crippen molar-refractivity contribution in [2.45, 2.75) is 80.3 Å². The number of nitrogens with one attached hydrogen (secondary N) is 1. The number of hydrogen-bond donors (Lipinski definition) is 2. The number of hydrogen-bond acceptors (Lipinski definition) is 8. The highest BCUT2D eigenvalue weighted by atomic mass is 79.9. The van der Waals surface area contributed by atoms with Crippen molar-refractivity contribution in [3.8, 4) is 0 Å². The van der Waals surface area contributed by atoms with Gasteiger partial charge in [0.2, 0.25) is 11.8 Å². The molecule has 0 aliphatic carbocycles. The first kappa shape index (κ1) is 39.7. The molecule has 3 aliphatic rings. The standard InChI is InChI=1S/C39H47BrClN3O8/c1-6-9-18-29(46)42-28(22-50-5)33(24-15-11-10-12-16-24)51-38(49)30-31-36(47)44(25(8-3)21-45)35(39(31)20-26(40)34(30)52-39)37(48)43(19-7-2)32-23(4)14-13-17-27(32)41/h6-7,10-17,25-26,28,30-31,33-35,45H,1-2,8-9,18-22H2,3-5H3,(H,42,46)/t25-,26?,28-,30-,31+,33-,34-,35-,39+/m0/s1. The number of carbonyl (C=O) groups is 4. The minimum Gasteiger partial charge on any atom is -0.455 e. The van der Waals surface area contributed by atoms with Gasteiger partial charge >= 0.3 is 5.97 Å². The number of benzene rings is 2. The number of aryl methyl sites for hydroxylation is 1. The van der Waals surface area contributed by atoms with Crippen LogP contribution in [0.5, 0.6) is 0 Å². The van der Waals surface area contributed by atoms with Gasteiger partial charge in [0.25, 0.3) is 5.91 Å². The summed E-state index contributed by atoms with van der Waals surface area (Å²) >= 11 is 10.4. The molecule has 3 amide bonds. The second-order valence-electron chi connectivity index (χ2n) is 13.5. The van der Waals surface area contributed by atoms with E-state index in [0.29, 0.717) is 29.1 Å². The van der Waals surface area contributed by atoms with Crippen molar-refractivity contribution in [2.75, 3.05) is 31.8 Å². The van der Waals surface area contributed by atoms with Crippen molar-refractivity contribution in [3.63, 3.8) is 0 Å². The summed E-state index contributed by atoms with van der Waals surface area (Å²) in [6.45, 7) is 10.9. The lowest BCUT2D eigenvalue weighted by molar-refractivity contribution is -0.163. The lowest BCUT2D eigenvalue weighted by atomic mass is 9.70. The Morgan fingerprint density at radius 1 is 1.19 bits per heavy atom. The maximum atomic E-state index is 15.0. The summed E-state index contributed by atoms with van der Waals surface area (Å²) in [7, 11) is 1.49. The number of carbonyl (C=O) groups excluding carboxylic acids is 4. The Morgan fingerprint density at radius 2 is 1.92 bits per heavy atom. The first-order valence-electron chi connectivity index (χ1n) is 17.6. The van der Waals surface area contributed by atoms with Gasteiger partial charge in [-0.15, -0.1) is 13.2 Å². The maximum absolute atomic E-state index is 15.0. The number of nitrogens with zero attached hydrogens (tertiary/aromatic N) is 2. The fourth-order valence-corrected chi connectivity index (χ4v) is 9.35. The lowest BCUT2D eigenvalue weighted by Gasteiger charge is -2.39. The number of likely N-dealkylation sites (tertiary alicyclic amines) is 1. The molecule has 0 aromatic heterocycles. The van der Waals surface area contributed by atoms with Gasteiger partial charge in [-0.2, -0.15) is 0 Å². The third kappa shape index (κ3) is 7.33. The van der Waals surface area contributed by atoms with E-state index in [-0.39, 0.29) is 31.9 Å². The molecule has 3 saturated heterocycles. The zero-order valence-electron chi connectivity index (χ0n) is 29.7. The lowest BCUT2D eigenvalue weighted by Crippen LogP contribution is -2.59. The molecule has 1 unspecified atom stereocenters. The molecule has 13 heteroatoms. The number of amides is 3. The first-order chi connectivity index (χ1) is 25.0. The molecule has 52 heavy (non-hydrogen) atoms. The quantitative estimate of drug-likeness (QED) is 0.129. The summed E-state index contributed by atoms with van der Waals surface area (Å²) in [4.78, 5) is 59.8. The fraction of sp³-hybridized carbons (Fsp3) is 0.487. The van der Waals surface area contributed by atoms with E-state index in [2.05, 4.69) is 34.4 Å². The average molecular weight is 801 g/mol. The summed E-state index contributed by atoms with van der Waals surface area (Å²) in [5, 5.41) is 13.8. The van der Waals surface area contributed by atoms with Gasteiger partial charge in [-0.1, -0.05) is 89.1 Å². The van der Waals surface area contributed by atoms with Crippen molar-refractivity contribution in [3.05, 3.63) is 90.0 Å². The summed E-state index contributed by atoms with van der Waals surface area (Å²) in [5.41, 5.74) is 0.403. The van der Waals surface area contributed by atoms with Gasteiger partial charge in [-0.25, -0.2) is 0 Å². The van der Waals surface area contributed by atoms with Gasteiger partial charge in [-0.3, -0.25) is 19.2 Å². The third-order valence-corrected chi connectivity index (χ3v) is 11.5. The van der Waals surface area contributed by atoms with Crippen molar-refractivity contribution < 1.29 is 38.5 Å². The Labute approximate surface area is 318 Å². The van der Waals surface area contributed by atoms with Crippen LogP contribution in [0.25, 0.3) is 0 Å². The van der Waals surface area contributed by atoms with Gasteiger partial charge in [0.1, 0.15) is 17.7 Å². The number of aliphatic hydroxyl groups excluding tert-OH is 1. The normalized spacial score (nSPS) is 26.3. The molecule has 0 saturated carbocycles. The van der Waals surface area contributed by atoms with Gasteiger partial charge in [0.05, 0.1) is 53.9 Å². The van der Waals surface area contributed by atoms with Crippen LogP contribution >= 0.6 is 27.5 Å². The minimum atomic E-state index is -1.43. The molecule has 0 radical (unpaired) electrons. The Kier molecular flexibility index (Phi) is 13.0. The fourth-order valence-electron chi connectivity index (χ4n) is 8.08. The van der Waals surface area contributed by atoms with Gasteiger partial charge in [-0.05, 0) is 43.4 Å². The molecule has 3 aliphatic heterocycles. The number of fused-ring (bicyclic) bond motifs is 1. The number of ether oxygens (including phenoxy) is 3. The molecule has 2 aromatic rings. The van der Waals surface area contributed by atoms with Crippen LogP contribution in [0.15, 0.2) is 73.8 Å². The molecule has 2 N–H and O–H groups in total. The number of alkyl halides is 1. The molecule has 1 spiro atoms. The number of anilines is 1. The van der Waals surface area contributed by atoms with Crippen LogP contribution < -0.4 is 10.2 Å². The monoisotopic (exact) mass is 799 g/mol. The van der Waals surface area contributed by atoms with Crippen LogP contribution in [0.4, 0.5) is 5.69 Å². The Bertz CT molecular complexity index is 1640. The first-order valence-corrected chi connectivity index (χ1v) is 18.9. The van der Waals surface area contributed by atoms with Crippen LogP contribution in [-0.4, -0.2) is 95.2 Å². The van der Waals surface area contributed by atoms with E-state index in [1.54, 1.807) is 48.6 Å². The number of para-hydroxylation sites is 1. The van der Waals surface area contributed by atoms with Gasteiger partial charge < -0.3 is 34.4 Å². The summed E-state index contributed by atoms with van der Waals surface area (Å²) in [6.07, 6.45) is 2.69. The van der Waals surface area contributed by atoms with Crippen LogP contribution in [0, 0.1) is 18.8 Å². The van der Waals surface area contributed by atoms with Crippen molar-refractivity contribution in [2.24, 2.45) is 11.8 Å². The summed E-state index contributed by atoms with van der Waals surface area (Å²) in [5.74, 6) is -4.11. The topological polar surface area (TPSA) is 135 Å². The molecule has 3 fully saturated rings. The highest BCUT2D eigenvalue weighted by Gasteiger charge is 2.77. The van der Waals surface area contributed by atoms with E-state index in [0.717, 1.165) is 5.56 Å². The highest BCUT2D eigenvalue weighted by molar-refractivity contribution is 9.09. The Morgan fingerprint density at radius 3 is 2.54 bits per heavy atom. The van der Waals surface area contributed by atoms with E-state index < -0.39 is 77.0 Å². The Hall–Kier alpha value is -3.55. The van der Waals surface area contributed by atoms with Crippen molar-refractivity contribution >= 4 is 56.9 Å². The number of allylic oxidation sites excluding steroid dienone is 1. The zero-order chi connectivity index (χ0) is 37.7. The van der Waals surface area contributed by atoms with Crippen LogP contribution in [-0.2, 0) is 33.4 Å². The Balaban J connectivity index is 1.56. The van der Waals surface area contributed by atoms with Crippen molar-refractivity contribution in [1.29, 1.82) is 0 Å². The number of aliphatic hydroxyl groups is 1. The number of esters is 1. The molecule has 2 aromatic carbocycles. The molecular weight excluding hydrogens is 754 g/mol. The molecular formula is C39H47BrClN3O8. The zero-order valence-corrected chi connectivity index (χ0v) is 32.1. The average Bonchev–Trinajstić information content (AvgIpc) is 3.73. The smallest absolute Gasteiger partial charge is 0.313 e. The molecule has 9 atom stereocenters. The highest BCUT2D eigenvalue weighted by Crippen LogP contribution is 2.61. The molecule has 3 heterocycles. The van der Waals surface area contributed by atoms with E-state index in [1.807, 2.05) is 26.0 Å². The van der Waals surface area contributed by atoms with Gasteiger partial charge in [0, 0.05) is 24.9 Å². The third-order valence-electron chi connectivity index (χ3n) is 10.3. The molecule has 280 valence electrons. The van der Waals surface area contributed by atoms with Crippen LogP contribution in [0.1, 0.15) is 49.8 Å². The van der Waals surface area contributed by atoms with Crippen molar-refractivity contribution in [1.82, 2.24) is 10.2 Å². The predicted molar refractivity (Wildman–Crippen MR) is 201 cm³/mol. The largest absolute Gasteiger partial charge is 0.455 e. The molecule has 2 bridgehead atoms. The van der Waals surface area contributed by atoms with Crippen LogP contribution in [0.2, 0.25) is 5.02 Å².